The highest BCUT2D eigenvalue weighted by molar-refractivity contribution is 6.33. The van der Waals surface area contributed by atoms with Crippen LogP contribution in [0.15, 0.2) is 12.1 Å². The normalized spacial score (nSPS) is 9.76. The Labute approximate surface area is 111 Å². The number of terminal acetylenes is 1. The number of aromatic nitrogens is 1. The molecule has 1 rings (SSSR count). The average Bonchev–Trinajstić information content (AvgIpc) is 2.26. The van der Waals surface area contributed by atoms with Crippen molar-refractivity contribution in [1.29, 1.82) is 0 Å². The summed E-state index contributed by atoms with van der Waals surface area (Å²) in [6.45, 7) is 2.84. The second kappa shape index (κ2) is 6.48. The van der Waals surface area contributed by atoms with Gasteiger partial charge in [-0.25, -0.2) is 4.98 Å². The van der Waals surface area contributed by atoms with E-state index in [-0.39, 0.29) is 22.8 Å². The van der Waals surface area contributed by atoms with Crippen molar-refractivity contribution in [3.8, 4) is 12.3 Å². The first-order valence-electron chi connectivity index (χ1n) is 5.14. The molecule has 1 amide bonds. The lowest BCUT2D eigenvalue weighted by Crippen LogP contribution is -2.32. The van der Waals surface area contributed by atoms with Gasteiger partial charge in [0.2, 0.25) is 0 Å². The minimum absolute atomic E-state index is 0.184. The lowest BCUT2D eigenvalue weighted by molar-refractivity contribution is 0.0777. The molecule has 0 unspecified atom stereocenters. The number of rotatable bonds is 4. The van der Waals surface area contributed by atoms with Crippen molar-refractivity contribution < 1.29 is 4.79 Å². The maximum atomic E-state index is 12.1. The van der Waals surface area contributed by atoms with E-state index in [1.165, 1.54) is 12.1 Å². The SMILES string of the molecule is C#CCN(CCC)C(=O)c1cc(Cl)nc(Cl)c1. The molecule has 1 heterocycles. The van der Waals surface area contributed by atoms with Crippen molar-refractivity contribution >= 4 is 29.1 Å². The zero-order valence-electron chi connectivity index (χ0n) is 9.41. The van der Waals surface area contributed by atoms with E-state index in [1.807, 2.05) is 6.92 Å². The Hall–Kier alpha value is -1.24. The Kier molecular flexibility index (Phi) is 5.27. The van der Waals surface area contributed by atoms with Crippen LogP contribution in [0.3, 0.4) is 0 Å². The summed E-state index contributed by atoms with van der Waals surface area (Å²) in [5.74, 6) is 2.27. The number of amides is 1. The molecule has 5 heteroatoms. The average molecular weight is 271 g/mol. The summed E-state index contributed by atoms with van der Waals surface area (Å²) in [5.41, 5.74) is 0.402. The van der Waals surface area contributed by atoms with Crippen LogP contribution in [-0.2, 0) is 0 Å². The number of nitrogens with zero attached hydrogens (tertiary/aromatic N) is 2. The maximum absolute atomic E-state index is 12.1. The fourth-order valence-corrected chi connectivity index (χ4v) is 1.86. The summed E-state index contributed by atoms with van der Waals surface area (Å²) in [6, 6.07) is 2.96. The zero-order valence-corrected chi connectivity index (χ0v) is 10.9. The molecule has 1 aromatic heterocycles. The molecule has 0 radical (unpaired) electrons. The largest absolute Gasteiger partial charge is 0.328 e. The van der Waals surface area contributed by atoms with Gasteiger partial charge in [0.25, 0.3) is 5.91 Å². The number of carbonyl (C=O) groups excluding carboxylic acids is 1. The minimum Gasteiger partial charge on any atom is -0.328 e. The van der Waals surface area contributed by atoms with Crippen molar-refractivity contribution in [2.45, 2.75) is 13.3 Å². The molecular weight excluding hydrogens is 259 g/mol. The van der Waals surface area contributed by atoms with Crippen LogP contribution < -0.4 is 0 Å². The van der Waals surface area contributed by atoms with Gasteiger partial charge in [-0.05, 0) is 18.6 Å². The van der Waals surface area contributed by atoms with Gasteiger partial charge in [-0.2, -0.15) is 0 Å². The molecule has 0 atom stereocenters. The maximum Gasteiger partial charge on any atom is 0.254 e. The Morgan fingerprint density at radius 3 is 2.53 bits per heavy atom. The number of hydrogen-bond acceptors (Lipinski definition) is 2. The van der Waals surface area contributed by atoms with Crippen LogP contribution >= 0.6 is 23.2 Å². The lowest BCUT2D eigenvalue weighted by Gasteiger charge is -2.19. The lowest BCUT2D eigenvalue weighted by atomic mass is 10.2. The third kappa shape index (κ3) is 3.92. The van der Waals surface area contributed by atoms with Gasteiger partial charge in [0.1, 0.15) is 10.3 Å². The molecule has 0 saturated heterocycles. The molecule has 0 saturated carbocycles. The van der Waals surface area contributed by atoms with Gasteiger partial charge in [0.15, 0.2) is 0 Å². The molecule has 0 N–H and O–H groups in total. The highest BCUT2D eigenvalue weighted by atomic mass is 35.5. The number of hydrogen-bond donors (Lipinski definition) is 0. The van der Waals surface area contributed by atoms with Gasteiger partial charge in [0, 0.05) is 12.1 Å². The molecule has 0 aliphatic carbocycles. The van der Waals surface area contributed by atoms with Crippen LogP contribution in [0, 0.1) is 12.3 Å². The van der Waals surface area contributed by atoms with Crippen LogP contribution in [0.25, 0.3) is 0 Å². The Morgan fingerprint density at radius 1 is 1.47 bits per heavy atom. The summed E-state index contributed by atoms with van der Waals surface area (Å²) in [5, 5.41) is 0.385. The predicted molar refractivity (Wildman–Crippen MR) is 69.3 cm³/mol. The van der Waals surface area contributed by atoms with E-state index >= 15 is 0 Å². The van der Waals surface area contributed by atoms with Gasteiger partial charge >= 0.3 is 0 Å². The van der Waals surface area contributed by atoms with Crippen LogP contribution in [-0.4, -0.2) is 28.9 Å². The molecule has 17 heavy (non-hydrogen) atoms. The monoisotopic (exact) mass is 270 g/mol. The van der Waals surface area contributed by atoms with E-state index in [4.69, 9.17) is 29.6 Å². The minimum atomic E-state index is -0.184. The predicted octanol–water partition coefficient (Wildman–Crippen LogP) is 2.87. The summed E-state index contributed by atoms with van der Waals surface area (Å²) in [6.07, 6.45) is 6.06. The Bertz CT molecular complexity index is 434. The van der Waals surface area contributed by atoms with Gasteiger partial charge in [-0.15, -0.1) is 6.42 Å². The Balaban J connectivity index is 2.96. The highest BCUT2D eigenvalue weighted by Crippen LogP contribution is 2.16. The molecular formula is C12H12Cl2N2O. The van der Waals surface area contributed by atoms with Crippen LogP contribution in [0.1, 0.15) is 23.7 Å². The second-order valence-corrected chi connectivity index (χ2v) is 4.21. The van der Waals surface area contributed by atoms with Crippen molar-refractivity contribution in [3.05, 3.63) is 28.0 Å². The van der Waals surface area contributed by atoms with Crippen molar-refractivity contribution in [2.24, 2.45) is 0 Å². The van der Waals surface area contributed by atoms with E-state index in [9.17, 15) is 4.79 Å². The van der Waals surface area contributed by atoms with Gasteiger partial charge < -0.3 is 4.90 Å². The van der Waals surface area contributed by atoms with Crippen molar-refractivity contribution in [2.75, 3.05) is 13.1 Å². The summed E-state index contributed by atoms with van der Waals surface area (Å²) >= 11 is 11.5. The summed E-state index contributed by atoms with van der Waals surface area (Å²) in [4.78, 5) is 17.5. The smallest absolute Gasteiger partial charge is 0.254 e. The van der Waals surface area contributed by atoms with Gasteiger partial charge in [-0.1, -0.05) is 36.0 Å². The van der Waals surface area contributed by atoms with Crippen LogP contribution in [0.2, 0.25) is 10.3 Å². The van der Waals surface area contributed by atoms with E-state index in [0.717, 1.165) is 6.42 Å². The van der Waals surface area contributed by atoms with E-state index in [0.29, 0.717) is 12.1 Å². The third-order valence-electron chi connectivity index (χ3n) is 2.07. The molecule has 0 bridgehead atoms. The quantitative estimate of drug-likeness (QED) is 0.623. The Morgan fingerprint density at radius 2 is 2.06 bits per heavy atom. The molecule has 1 aromatic rings. The third-order valence-corrected chi connectivity index (χ3v) is 2.46. The second-order valence-electron chi connectivity index (χ2n) is 3.43. The molecule has 0 aromatic carbocycles. The molecule has 3 nitrogen and oxygen atoms in total. The highest BCUT2D eigenvalue weighted by Gasteiger charge is 2.15. The molecule has 0 fully saturated rings. The van der Waals surface area contributed by atoms with E-state index < -0.39 is 0 Å². The summed E-state index contributed by atoms with van der Waals surface area (Å²) in [7, 11) is 0. The number of halogens is 2. The molecule has 0 aliphatic heterocycles. The first kappa shape index (κ1) is 13.8. The number of carbonyl (C=O) groups is 1. The van der Waals surface area contributed by atoms with Crippen molar-refractivity contribution in [3.63, 3.8) is 0 Å². The van der Waals surface area contributed by atoms with E-state index in [1.54, 1.807) is 4.90 Å². The van der Waals surface area contributed by atoms with Crippen LogP contribution in [0.5, 0.6) is 0 Å². The molecule has 90 valence electrons. The first-order chi connectivity index (χ1) is 8.08. The number of pyridine rings is 1. The van der Waals surface area contributed by atoms with Crippen molar-refractivity contribution in [1.82, 2.24) is 9.88 Å². The topological polar surface area (TPSA) is 33.2 Å². The standard InChI is InChI=1S/C12H12Cl2N2O/c1-3-5-16(6-4-2)12(17)9-7-10(13)15-11(14)8-9/h1,7-8H,4-6H2,2H3. The first-order valence-corrected chi connectivity index (χ1v) is 5.90. The van der Waals surface area contributed by atoms with Gasteiger partial charge in [0.05, 0.1) is 6.54 Å². The zero-order chi connectivity index (χ0) is 12.8. The van der Waals surface area contributed by atoms with Gasteiger partial charge in [-0.3, -0.25) is 4.79 Å². The fourth-order valence-electron chi connectivity index (χ4n) is 1.40. The molecule has 0 spiro atoms. The van der Waals surface area contributed by atoms with Crippen LogP contribution in [0.4, 0.5) is 0 Å². The molecule has 0 aliphatic rings. The summed E-state index contributed by atoms with van der Waals surface area (Å²) < 4.78 is 0. The fraction of sp³-hybridized carbons (Fsp3) is 0.333. The van der Waals surface area contributed by atoms with E-state index in [2.05, 4.69) is 10.9 Å².